The SMILES string of the molecule is COc1cc(CNCCN2CCOCC2)cc(Cl)c1OC.Cl.Cl. The molecule has 1 aliphatic rings. The van der Waals surface area contributed by atoms with Crippen LogP contribution >= 0.6 is 36.4 Å². The maximum Gasteiger partial charge on any atom is 0.179 e. The minimum Gasteiger partial charge on any atom is -0.493 e. The van der Waals surface area contributed by atoms with E-state index in [1.165, 1.54) is 0 Å². The molecule has 0 atom stereocenters. The van der Waals surface area contributed by atoms with E-state index in [9.17, 15) is 0 Å². The van der Waals surface area contributed by atoms with Crippen molar-refractivity contribution in [2.24, 2.45) is 0 Å². The van der Waals surface area contributed by atoms with Crippen LogP contribution in [0.25, 0.3) is 0 Å². The van der Waals surface area contributed by atoms with Gasteiger partial charge in [0.05, 0.1) is 32.5 Å². The highest BCUT2D eigenvalue weighted by Gasteiger charge is 2.11. The zero-order chi connectivity index (χ0) is 15.1. The molecule has 0 spiro atoms. The van der Waals surface area contributed by atoms with Crippen molar-refractivity contribution in [3.05, 3.63) is 22.7 Å². The van der Waals surface area contributed by atoms with Crippen molar-refractivity contribution in [2.45, 2.75) is 6.54 Å². The van der Waals surface area contributed by atoms with Gasteiger partial charge in [0.15, 0.2) is 11.5 Å². The summed E-state index contributed by atoms with van der Waals surface area (Å²) in [4.78, 5) is 2.40. The Morgan fingerprint density at radius 2 is 1.87 bits per heavy atom. The Bertz CT molecular complexity index is 458. The molecule has 1 aliphatic heterocycles. The third kappa shape index (κ3) is 6.91. The molecule has 0 aliphatic carbocycles. The summed E-state index contributed by atoms with van der Waals surface area (Å²) in [6.45, 7) is 6.44. The maximum atomic E-state index is 6.19. The molecule has 1 aromatic rings. The average Bonchev–Trinajstić information content (AvgIpc) is 2.52. The van der Waals surface area contributed by atoms with Crippen LogP contribution in [-0.4, -0.2) is 58.5 Å². The molecular weight excluding hydrogens is 363 g/mol. The second-order valence-corrected chi connectivity index (χ2v) is 5.35. The van der Waals surface area contributed by atoms with E-state index in [-0.39, 0.29) is 24.8 Å². The first kappa shape index (κ1) is 22.6. The van der Waals surface area contributed by atoms with Gasteiger partial charge in [0.1, 0.15) is 0 Å². The van der Waals surface area contributed by atoms with Crippen LogP contribution < -0.4 is 14.8 Å². The topological polar surface area (TPSA) is 43.0 Å². The molecule has 2 rings (SSSR count). The van der Waals surface area contributed by atoms with Gasteiger partial charge in [-0.3, -0.25) is 4.90 Å². The van der Waals surface area contributed by atoms with Crippen LogP contribution in [0.4, 0.5) is 0 Å². The number of morpholine rings is 1. The summed E-state index contributed by atoms with van der Waals surface area (Å²) in [5.41, 5.74) is 1.08. The van der Waals surface area contributed by atoms with Crippen molar-refractivity contribution in [2.75, 3.05) is 53.6 Å². The largest absolute Gasteiger partial charge is 0.493 e. The van der Waals surface area contributed by atoms with Crippen molar-refractivity contribution >= 4 is 36.4 Å². The number of ether oxygens (including phenoxy) is 3. The summed E-state index contributed by atoms with van der Waals surface area (Å²) in [5, 5.41) is 4.00. The first-order chi connectivity index (χ1) is 10.2. The van der Waals surface area contributed by atoms with E-state index in [4.69, 9.17) is 25.8 Å². The van der Waals surface area contributed by atoms with E-state index in [1.54, 1.807) is 14.2 Å². The van der Waals surface area contributed by atoms with Crippen molar-refractivity contribution in [3.63, 3.8) is 0 Å². The number of halogens is 3. The second-order valence-electron chi connectivity index (χ2n) is 4.94. The lowest BCUT2D eigenvalue weighted by molar-refractivity contribution is 0.0384. The normalized spacial score (nSPS) is 14.6. The van der Waals surface area contributed by atoms with E-state index in [2.05, 4.69) is 10.2 Å². The van der Waals surface area contributed by atoms with Crippen LogP contribution in [0.1, 0.15) is 5.56 Å². The zero-order valence-corrected chi connectivity index (χ0v) is 15.9. The Hall–Kier alpha value is -0.430. The smallest absolute Gasteiger partial charge is 0.179 e. The van der Waals surface area contributed by atoms with E-state index in [0.29, 0.717) is 16.5 Å². The molecule has 1 fully saturated rings. The number of benzene rings is 1. The summed E-state index contributed by atoms with van der Waals surface area (Å²) in [7, 11) is 3.20. The number of nitrogens with one attached hydrogen (secondary N) is 1. The van der Waals surface area contributed by atoms with Crippen LogP contribution in [0.5, 0.6) is 11.5 Å². The summed E-state index contributed by atoms with van der Waals surface area (Å²) in [5.74, 6) is 1.24. The van der Waals surface area contributed by atoms with E-state index >= 15 is 0 Å². The zero-order valence-electron chi connectivity index (χ0n) is 13.5. The molecule has 0 bridgehead atoms. The lowest BCUT2D eigenvalue weighted by Crippen LogP contribution is -2.40. The molecule has 1 N–H and O–H groups in total. The van der Waals surface area contributed by atoms with Crippen molar-refractivity contribution in [1.82, 2.24) is 10.2 Å². The Morgan fingerprint density at radius 1 is 1.17 bits per heavy atom. The first-order valence-electron chi connectivity index (χ1n) is 7.16. The maximum absolute atomic E-state index is 6.19. The van der Waals surface area contributed by atoms with Crippen LogP contribution in [0.15, 0.2) is 12.1 Å². The summed E-state index contributed by atoms with van der Waals surface area (Å²) in [6, 6.07) is 3.86. The van der Waals surface area contributed by atoms with Gasteiger partial charge in [0.25, 0.3) is 0 Å². The summed E-state index contributed by atoms with van der Waals surface area (Å²) in [6.07, 6.45) is 0. The number of methoxy groups -OCH3 is 2. The minimum atomic E-state index is 0. The molecule has 1 aromatic carbocycles. The molecule has 0 radical (unpaired) electrons. The molecule has 5 nitrogen and oxygen atoms in total. The molecule has 0 unspecified atom stereocenters. The molecule has 134 valence electrons. The van der Waals surface area contributed by atoms with Gasteiger partial charge < -0.3 is 19.5 Å². The number of hydrogen-bond donors (Lipinski definition) is 1. The number of nitrogens with zero attached hydrogens (tertiary/aromatic N) is 1. The molecule has 8 heteroatoms. The van der Waals surface area contributed by atoms with E-state index in [1.807, 2.05) is 12.1 Å². The number of hydrogen-bond acceptors (Lipinski definition) is 5. The highest BCUT2D eigenvalue weighted by molar-refractivity contribution is 6.32. The van der Waals surface area contributed by atoms with E-state index in [0.717, 1.165) is 51.5 Å². The van der Waals surface area contributed by atoms with Gasteiger partial charge in [0.2, 0.25) is 0 Å². The fourth-order valence-corrected chi connectivity index (χ4v) is 2.68. The molecular formula is C15H25Cl3N2O3. The fourth-order valence-electron chi connectivity index (χ4n) is 2.37. The van der Waals surface area contributed by atoms with Crippen molar-refractivity contribution in [3.8, 4) is 11.5 Å². The van der Waals surface area contributed by atoms with Crippen molar-refractivity contribution < 1.29 is 14.2 Å². The van der Waals surface area contributed by atoms with Crippen LogP contribution in [0.2, 0.25) is 5.02 Å². The highest BCUT2D eigenvalue weighted by atomic mass is 35.5. The van der Waals surface area contributed by atoms with Gasteiger partial charge >= 0.3 is 0 Å². The van der Waals surface area contributed by atoms with Gasteiger partial charge in [-0.25, -0.2) is 0 Å². The molecule has 23 heavy (non-hydrogen) atoms. The van der Waals surface area contributed by atoms with E-state index < -0.39 is 0 Å². The Labute approximate surface area is 155 Å². The standard InChI is InChI=1S/C15H23ClN2O3.2ClH/c1-19-14-10-12(9-13(16)15(14)20-2)11-17-3-4-18-5-7-21-8-6-18;;/h9-10,17H,3-8,11H2,1-2H3;2*1H. The Balaban J connectivity index is 0.00000242. The highest BCUT2D eigenvalue weighted by Crippen LogP contribution is 2.35. The predicted octanol–water partition coefficient (Wildman–Crippen LogP) is 2.62. The molecule has 0 saturated carbocycles. The molecule has 0 aromatic heterocycles. The van der Waals surface area contributed by atoms with Gasteiger partial charge in [0, 0.05) is 32.7 Å². The van der Waals surface area contributed by atoms with Crippen LogP contribution in [0, 0.1) is 0 Å². The average molecular weight is 388 g/mol. The Morgan fingerprint density at radius 3 is 2.48 bits per heavy atom. The summed E-state index contributed by atoms with van der Waals surface area (Å²) < 4.78 is 15.9. The lowest BCUT2D eigenvalue weighted by Gasteiger charge is -2.26. The first-order valence-corrected chi connectivity index (χ1v) is 7.53. The fraction of sp³-hybridized carbons (Fsp3) is 0.600. The minimum absolute atomic E-state index is 0. The third-order valence-electron chi connectivity index (χ3n) is 3.53. The second kappa shape index (κ2) is 12.0. The van der Waals surface area contributed by atoms with Crippen molar-refractivity contribution in [1.29, 1.82) is 0 Å². The van der Waals surface area contributed by atoms with Crippen LogP contribution in [-0.2, 0) is 11.3 Å². The molecule has 1 saturated heterocycles. The molecule has 1 heterocycles. The van der Waals surface area contributed by atoms with Gasteiger partial charge in [-0.1, -0.05) is 11.6 Å². The summed E-state index contributed by atoms with van der Waals surface area (Å²) >= 11 is 6.19. The Kier molecular flexibility index (Phi) is 11.8. The number of rotatable bonds is 7. The monoisotopic (exact) mass is 386 g/mol. The molecule has 0 amide bonds. The van der Waals surface area contributed by atoms with Gasteiger partial charge in [-0.15, -0.1) is 24.8 Å². The third-order valence-corrected chi connectivity index (χ3v) is 3.81. The van der Waals surface area contributed by atoms with Gasteiger partial charge in [-0.2, -0.15) is 0 Å². The lowest BCUT2D eigenvalue weighted by atomic mass is 10.2. The van der Waals surface area contributed by atoms with Gasteiger partial charge in [-0.05, 0) is 17.7 Å². The predicted molar refractivity (Wildman–Crippen MR) is 98.0 cm³/mol. The van der Waals surface area contributed by atoms with Crippen LogP contribution in [0.3, 0.4) is 0 Å². The quantitative estimate of drug-likeness (QED) is 0.729.